The summed E-state index contributed by atoms with van der Waals surface area (Å²) in [4.78, 5) is -0.0164. The van der Waals surface area contributed by atoms with E-state index < -0.39 is 26.7 Å². The fraction of sp³-hybridized carbons (Fsp3) is 0. The molecule has 7 heteroatoms. The van der Waals surface area contributed by atoms with Crippen molar-refractivity contribution in [2.45, 2.75) is 4.90 Å². The molecule has 0 bridgehead atoms. The highest BCUT2D eigenvalue weighted by molar-refractivity contribution is 7.89. The molecule has 3 aromatic carbocycles. The van der Waals surface area contributed by atoms with E-state index in [9.17, 15) is 17.2 Å². The van der Waals surface area contributed by atoms with E-state index in [0.29, 0.717) is 22.3 Å². The van der Waals surface area contributed by atoms with E-state index in [1.54, 1.807) is 36.4 Å². The lowest BCUT2D eigenvalue weighted by Crippen LogP contribution is -2.11. The third kappa shape index (κ3) is 3.56. The summed E-state index contributed by atoms with van der Waals surface area (Å²) in [6.07, 6.45) is 0. The van der Waals surface area contributed by atoms with Crippen LogP contribution in [0.25, 0.3) is 22.3 Å². The molecular formula is C18H12ClF2NO2S. The van der Waals surface area contributed by atoms with Crippen LogP contribution >= 0.6 is 11.6 Å². The van der Waals surface area contributed by atoms with Crippen molar-refractivity contribution in [3.8, 4) is 22.3 Å². The average molecular weight is 380 g/mol. The Morgan fingerprint density at radius 3 is 1.76 bits per heavy atom. The van der Waals surface area contributed by atoms with Crippen molar-refractivity contribution in [1.29, 1.82) is 0 Å². The summed E-state index contributed by atoms with van der Waals surface area (Å²) in [5.41, 5.74) is 2.27. The van der Waals surface area contributed by atoms with E-state index in [0.717, 1.165) is 12.1 Å². The second-order valence-corrected chi connectivity index (χ2v) is 7.31. The standard InChI is InChI=1S/C18H12ClF2NO2S/c19-18-16(20)9-12(10-17(18)21)15-4-2-1-3-14(15)11-5-7-13(8-6-11)25(22,23)24/h1-10H,(H2,22,23,24). The average Bonchev–Trinajstić information content (AvgIpc) is 2.58. The summed E-state index contributed by atoms with van der Waals surface area (Å²) in [5, 5.41) is 4.53. The first-order valence-corrected chi connectivity index (χ1v) is 9.07. The number of hydrogen-bond donors (Lipinski definition) is 1. The normalized spacial score (nSPS) is 11.5. The molecule has 3 nitrogen and oxygen atoms in total. The Morgan fingerprint density at radius 1 is 0.800 bits per heavy atom. The molecule has 2 N–H and O–H groups in total. The number of rotatable bonds is 3. The number of nitrogens with two attached hydrogens (primary N) is 1. The summed E-state index contributed by atoms with van der Waals surface area (Å²) in [6, 6.07) is 15.2. The molecule has 0 atom stereocenters. The molecule has 128 valence electrons. The first-order valence-electron chi connectivity index (χ1n) is 7.14. The Kier molecular flexibility index (Phi) is 4.60. The van der Waals surface area contributed by atoms with Crippen molar-refractivity contribution in [3.63, 3.8) is 0 Å². The first kappa shape index (κ1) is 17.5. The highest BCUT2D eigenvalue weighted by atomic mass is 35.5. The Hall–Kier alpha value is -2.28. The van der Waals surface area contributed by atoms with Crippen LogP contribution in [0.15, 0.2) is 65.6 Å². The summed E-state index contributed by atoms with van der Waals surface area (Å²) in [6.45, 7) is 0. The third-order valence-corrected chi connectivity index (χ3v) is 5.01. The van der Waals surface area contributed by atoms with Crippen LogP contribution in [0.5, 0.6) is 0 Å². The minimum Gasteiger partial charge on any atom is -0.225 e. The van der Waals surface area contributed by atoms with Crippen molar-refractivity contribution in [1.82, 2.24) is 0 Å². The second kappa shape index (κ2) is 6.55. The van der Waals surface area contributed by atoms with Gasteiger partial charge in [0.1, 0.15) is 16.7 Å². The minimum absolute atomic E-state index is 0.0164. The van der Waals surface area contributed by atoms with Gasteiger partial charge in [-0.3, -0.25) is 0 Å². The van der Waals surface area contributed by atoms with Gasteiger partial charge in [-0.25, -0.2) is 22.3 Å². The van der Waals surface area contributed by atoms with Gasteiger partial charge in [0.15, 0.2) is 0 Å². The zero-order valence-electron chi connectivity index (χ0n) is 12.7. The Morgan fingerprint density at radius 2 is 1.28 bits per heavy atom. The molecule has 0 spiro atoms. The maximum absolute atomic E-state index is 13.8. The van der Waals surface area contributed by atoms with Crippen LogP contribution < -0.4 is 5.14 Å². The minimum atomic E-state index is -3.79. The summed E-state index contributed by atoms with van der Waals surface area (Å²) in [5.74, 6) is -1.70. The Labute approximate surface area is 148 Å². The van der Waals surface area contributed by atoms with Crippen LogP contribution in [-0.4, -0.2) is 8.42 Å². The van der Waals surface area contributed by atoms with Gasteiger partial charge >= 0.3 is 0 Å². The molecule has 3 aromatic rings. The largest absolute Gasteiger partial charge is 0.238 e. The van der Waals surface area contributed by atoms with E-state index in [-0.39, 0.29) is 4.90 Å². The predicted molar refractivity (Wildman–Crippen MR) is 93.6 cm³/mol. The predicted octanol–water partition coefficient (Wildman–Crippen LogP) is 4.60. The van der Waals surface area contributed by atoms with Crippen LogP contribution in [-0.2, 0) is 10.0 Å². The van der Waals surface area contributed by atoms with Gasteiger partial charge in [0.05, 0.1) is 4.90 Å². The van der Waals surface area contributed by atoms with E-state index in [4.69, 9.17) is 16.7 Å². The van der Waals surface area contributed by atoms with Gasteiger partial charge in [0, 0.05) is 0 Å². The molecule has 0 saturated carbocycles. The van der Waals surface area contributed by atoms with Crippen molar-refractivity contribution < 1.29 is 17.2 Å². The van der Waals surface area contributed by atoms with Crippen LogP contribution in [0.4, 0.5) is 8.78 Å². The Balaban J connectivity index is 2.14. The van der Waals surface area contributed by atoms with Crippen LogP contribution in [0.3, 0.4) is 0 Å². The number of halogens is 3. The highest BCUT2D eigenvalue weighted by Crippen LogP contribution is 2.34. The number of primary sulfonamides is 1. The van der Waals surface area contributed by atoms with Crippen molar-refractivity contribution in [2.24, 2.45) is 5.14 Å². The Bertz CT molecular complexity index is 1030. The van der Waals surface area contributed by atoms with Crippen molar-refractivity contribution in [3.05, 3.63) is 77.3 Å². The molecule has 25 heavy (non-hydrogen) atoms. The van der Waals surface area contributed by atoms with Gasteiger partial charge < -0.3 is 0 Å². The molecule has 0 aliphatic heterocycles. The topological polar surface area (TPSA) is 60.2 Å². The third-order valence-electron chi connectivity index (χ3n) is 3.72. The molecule has 0 heterocycles. The summed E-state index contributed by atoms with van der Waals surface area (Å²) >= 11 is 5.54. The smallest absolute Gasteiger partial charge is 0.225 e. The van der Waals surface area contributed by atoms with Gasteiger partial charge in [-0.1, -0.05) is 48.0 Å². The number of hydrogen-bond acceptors (Lipinski definition) is 2. The molecule has 0 unspecified atom stereocenters. The molecule has 0 saturated heterocycles. The van der Waals surface area contributed by atoms with Gasteiger partial charge in [-0.2, -0.15) is 0 Å². The molecule has 0 radical (unpaired) electrons. The van der Waals surface area contributed by atoms with E-state index >= 15 is 0 Å². The van der Waals surface area contributed by atoms with Gasteiger partial charge in [-0.15, -0.1) is 0 Å². The zero-order valence-corrected chi connectivity index (χ0v) is 14.3. The SMILES string of the molecule is NS(=O)(=O)c1ccc(-c2ccccc2-c2cc(F)c(Cl)c(F)c2)cc1. The fourth-order valence-corrected chi connectivity index (χ4v) is 3.15. The van der Waals surface area contributed by atoms with Crippen molar-refractivity contribution >= 4 is 21.6 Å². The number of sulfonamides is 1. The van der Waals surface area contributed by atoms with Gasteiger partial charge in [0.2, 0.25) is 10.0 Å². The van der Waals surface area contributed by atoms with Gasteiger partial charge in [0.25, 0.3) is 0 Å². The van der Waals surface area contributed by atoms with E-state index in [1.807, 2.05) is 0 Å². The monoisotopic (exact) mass is 379 g/mol. The first-order chi connectivity index (χ1) is 11.8. The van der Waals surface area contributed by atoms with Crippen LogP contribution in [0.2, 0.25) is 5.02 Å². The van der Waals surface area contributed by atoms with Gasteiger partial charge in [-0.05, 0) is 46.5 Å². The lowest BCUT2D eigenvalue weighted by atomic mass is 9.94. The quantitative estimate of drug-likeness (QED) is 0.676. The summed E-state index contributed by atoms with van der Waals surface area (Å²) in [7, 11) is -3.79. The molecule has 0 amide bonds. The summed E-state index contributed by atoms with van der Waals surface area (Å²) < 4.78 is 50.3. The van der Waals surface area contributed by atoms with E-state index in [1.165, 1.54) is 12.1 Å². The highest BCUT2D eigenvalue weighted by Gasteiger charge is 2.14. The fourth-order valence-electron chi connectivity index (χ4n) is 2.52. The maximum Gasteiger partial charge on any atom is 0.238 e. The molecular weight excluding hydrogens is 368 g/mol. The molecule has 0 aliphatic carbocycles. The van der Waals surface area contributed by atoms with Crippen LogP contribution in [0, 0.1) is 11.6 Å². The number of benzene rings is 3. The lowest BCUT2D eigenvalue weighted by molar-refractivity contribution is 0.585. The molecule has 3 rings (SSSR count). The second-order valence-electron chi connectivity index (χ2n) is 5.37. The lowest BCUT2D eigenvalue weighted by Gasteiger charge is -2.11. The van der Waals surface area contributed by atoms with E-state index in [2.05, 4.69) is 0 Å². The van der Waals surface area contributed by atoms with Crippen molar-refractivity contribution in [2.75, 3.05) is 0 Å². The molecule has 0 aromatic heterocycles. The van der Waals surface area contributed by atoms with Crippen LogP contribution in [0.1, 0.15) is 0 Å². The molecule has 0 fully saturated rings. The molecule has 0 aliphatic rings. The maximum atomic E-state index is 13.8. The zero-order chi connectivity index (χ0) is 18.2.